The van der Waals surface area contributed by atoms with Gasteiger partial charge in [-0.15, -0.1) is 0 Å². The van der Waals surface area contributed by atoms with E-state index in [4.69, 9.17) is 18.0 Å². The molecule has 0 aliphatic carbocycles. The number of primary amides is 1. The van der Waals surface area contributed by atoms with E-state index in [2.05, 4.69) is 5.32 Å². The van der Waals surface area contributed by atoms with Gasteiger partial charge < -0.3 is 11.1 Å². The second-order valence-corrected chi connectivity index (χ2v) is 2.96. The van der Waals surface area contributed by atoms with E-state index in [1.807, 2.05) is 0 Å². The number of hydrogen-bond acceptors (Lipinski definition) is 3. The van der Waals surface area contributed by atoms with E-state index >= 15 is 0 Å². The fourth-order valence-electron chi connectivity index (χ4n) is 0.884. The summed E-state index contributed by atoms with van der Waals surface area (Å²) in [6, 6.07) is 0. The molecule has 0 aromatic carbocycles. The summed E-state index contributed by atoms with van der Waals surface area (Å²) in [6.45, 7) is 1.63. The number of carbonyl (C=O) groups excluding carboxylic acids is 2. The summed E-state index contributed by atoms with van der Waals surface area (Å²) in [5.41, 5.74) is 5.24. The van der Waals surface area contributed by atoms with Gasteiger partial charge in [0.1, 0.15) is 0 Å². The van der Waals surface area contributed by atoms with Crippen LogP contribution in [0.3, 0.4) is 0 Å². The number of rotatable bonds is 1. The molecule has 1 aliphatic rings. The Morgan fingerprint density at radius 3 is 2.83 bits per heavy atom. The number of hydrogen-bond donors (Lipinski definition) is 2. The monoisotopic (exact) mass is 184 g/mol. The molecule has 2 amide bonds. The third kappa shape index (κ3) is 1.35. The second-order valence-electron chi connectivity index (χ2n) is 2.52. The van der Waals surface area contributed by atoms with Crippen LogP contribution in [-0.2, 0) is 9.59 Å². The van der Waals surface area contributed by atoms with Gasteiger partial charge in [0.2, 0.25) is 5.91 Å². The zero-order valence-electron chi connectivity index (χ0n) is 6.46. The van der Waals surface area contributed by atoms with Gasteiger partial charge in [-0.05, 0) is 6.92 Å². The van der Waals surface area contributed by atoms with Crippen molar-refractivity contribution in [2.75, 3.05) is 0 Å². The van der Waals surface area contributed by atoms with Crippen LogP contribution in [0.15, 0.2) is 11.8 Å². The van der Waals surface area contributed by atoms with Crippen LogP contribution >= 0.6 is 12.2 Å². The van der Waals surface area contributed by atoms with Gasteiger partial charge in [-0.2, -0.15) is 0 Å². The van der Waals surface area contributed by atoms with Crippen molar-refractivity contribution in [3.63, 3.8) is 0 Å². The molecule has 3 N–H and O–H groups in total. The maximum Gasteiger partial charge on any atom is 0.251 e. The Hall–Kier alpha value is -1.23. The van der Waals surface area contributed by atoms with Gasteiger partial charge in [0.05, 0.1) is 11.5 Å². The Kier molecular flexibility index (Phi) is 2.23. The molecule has 0 radical (unpaired) electrons. The van der Waals surface area contributed by atoms with Crippen molar-refractivity contribution < 1.29 is 9.59 Å². The Bertz CT molecular complexity index is 296. The summed E-state index contributed by atoms with van der Waals surface area (Å²) in [6.07, 6.45) is 1.26. The molecule has 0 spiro atoms. The first kappa shape index (κ1) is 8.86. The normalized spacial score (nSPS) is 23.1. The average molecular weight is 184 g/mol. The molecule has 0 fully saturated rings. The zero-order chi connectivity index (χ0) is 9.30. The van der Waals surface area contributed by atoms with Gasteiger partial charge in [-0.25, -0.2) is 0 Å². The number of nitrogens with one attached hydrogen (secondary N) is 1. The Morgan fingerprint density at radius 2 is 2.33 bits per heavy atom. The molecular weight excluding hydrogens is 176 g/mol. The largest absolute Gasteiger partial charge is 0.366 e. The average Bonchev–Trinajstić information content (AvgIpc) is 2.00. The van der Waals surface area contributed by atoms with Crippen molar-refractivity contribution in [3.8, 4) is 0 Å². The smallest absolute Gasteiger partial charge is 0.251 e. The maximum absolute atomic E-state index is 11.0. The van der Waals surface area contributed by atoms with Crippen LogP contribution in [0.5, 0.6) is 0 Å². The Balaban J connectivity index is 3.00. The minimum absolute atomic E-state index is 0.204. The zero-order valence-corrected chi connectivity index (χ0v) is 7.27. The highest BCUT2D eigenvalue weighted by Crippen LogP contribution is 2.12. The predicted molar refractivity (Wildman–Crippen MR) is 47.2 cm³/mol. The summed E-state index contributed by atoms with van der Waals surface area (Å²) in [5, 5.41) is 2.40. The molecule has 0 bridgehead atoms. The standard InChI is InChI=1S/C7H8N2O2S/c1-3-5(12)4(6(8)10)2-9-7(3)11/h2-3H,1H3,(H2,8,10)(H,9,11). The lowest BCUT2D eigenvalue weighted by Gasteiger charge is -2.18. The Morgan fingerprint density at radius 1 is 1.75 bits per heavy atom. The Labute approximate surface area is 74.8 Å². The summed E-state index contributed by atoms with van der Waals surface area (Å²) in [7, 11) is 0. The molecule has 0 saturated heterocycles. The van der Waals surface area contributed by atoms with Crippen LogP contribution < -0.4 is 11.1 Å². The summed E-state index contributed by atoms with van der Waals surface area (Å²) >= 11 is 4.87. The van der Waals surface area contributed by atoms with Gasteiger partial charge in [-0.1, -0.05) is 12.2 Å². The van der Waals surface area contributed by atoms with E-state index in [1.54, 1.807) is 6.92 Å². The van der Waals surface area contributed by atoms with Crippen LogP contribution in [-0.4, -0.2) is 16.7 Å². The lowest BCUT2D eigenvalue weighted by atomic mass is 9.97. The van der Waals surface area contributed by atoms with Crippen molar-refractivity contribution >= 4 is 28.9 Å². The van der Waals surface area contributed by atoms with E-state index in [-0.39, 0.29) is 11.5 Å². The molecule has 5 heteroatoms. The highest BCUT2D eigenvalue weighted by molar-refractivity contribution is 7.81. The lowest BCUT2D eigenvalue weighted by Crippen LogP contribution is -2.39. The molecule has 1 rings (SSSR count). The molecule has 0 aromatic rings. The number of nitrogens with two attached hydrogens (primary N) is 1. The maximum atomic E-state index is 11.0. The van der Waals surface area contributed by atoms with Crippen LogP contribution in [0.25, 0.3) is 0 Å². The predicted octanol–water partition coefficient (Wildman–Crippen LogP) is -0.509. The van der Waals surface area contributed by atoms with Crippen LogP contribution in [0, 0.1) is 5.92 Å². The highest BCUT2D eigenvalue weighted by atomic mass is 32.1. The third-order valence-corrected chi connectivity index (χ3v) is 2.25. The highest BCUT2D eigenvalue weighted by Gasteiger charge is 2.27. The first-order valence-corrected chi connectivity index (χ1v) is 3.79. The molecule has 1 heterocycles. The van der Waals surface area contributed by atoms with E-state index in [1.165, 1.54) is 6.20 Å². The number of carbonyl (C=O) groups is 2. The molecule has 0 saturated carbocycles. The van der Waals surface area contributed by atoms with Crippen molar-refractivity contribution in [1.29, 1.82) is 0 Å². The van der Waals surface area contributed by atoms with Crippen molar-refractivity contribution in [2.24, 2.45) is 11.7 Å². The number of amides is 2. The topological polar surface area (TPSA) is 72.2 Å². The molecular formula is C7H8N2O2S. The first-order valence-electron chi connectivity index (χ1n) is 3.38. The summed E-state index contributed by atoms with van der Waals surface area (Å²) in [4.78, 5) is 22.0. The van der Waals surface area contributed by atoms with E-state index in [9.17, 15) is 9.59 Å². The minimum atomic E-state index is -0.605. The van der Waals surface area contributed by atoms with Gasteiger partial charge in [0.15, 0.2) is 0 Å². The van der Waals surface area contributed by atoms with Crippen molar-refractivity contribution in [1.82, 2.24) is 5.32 Å². The van der Waals surface area contributed by atoms with E-state index in [0.717, 1.165) is 0 Å². The molecule has 1 unspecified atom stereocenters. The SMILES string of the molecule is CC1C(=O)NC=C(C(N)=O)C1=S. The first-order chi connectivity index (χ1) is 5.54. The summed E-state index contributed by atoms with van der Waals surface area (Å²) < 4.78 is 0. The fraction of sp³-hybridized carbons (Fsp3) is 0.286. The van der Waals surface area contributed by atoms with E-state index in [0.29, 0.717) is 4.86 Å². The minimum Gasteiger partial charge on any atom is -0.366 e. The van der Waals surface area contributed by atoms with E-state index < -0.39 is 11.8 Å². The summed E-state index contributed by atoms with van der Waals surface area (Å²) in [5.74, 6) is -1.26. The van der Waals surface area contributed by atoms with Crippen LogP contribution in [0.1, 0.15) is 6.92 Å². The van der Waals surface area contributed by atoms with Gasteiger partial charge in [-0.3, -0.25) is 9.59 Å². The molecule has 64 valence electrons. The van der Waals surface area contributed by atoms with Gasteiger partial charge in [0.25, 0.3) is 5.91 Å². The second kappa shape index (κ2) is 3.02. The molecule has 12 heavy (non-hydrogen) atoms. The quantitative estimate of drug-likeness (QED) is 0.539. The van der Waals surface area contributed by atoms with Crippen LogP contribution in [0.4, 0.5) is 0 Å². The molecule has 1 aliphatic heterocycles. The molecule has 1 atom stereocenters. The lowest BCUT2D eigenvalue weighted by molar-refractivity contribution is -0.121. The van der Waals surface area contributed by atoms with Crippen molar-refractivity contribution in [3.05, 3.63) is 11.8 Å². The van der Waals surface area contributed by atoms with Gasteiger partial charge in [0, 0.05) is 11.1 Å². The third-order valence-electron chi connectivity index (χ3n) is 1.68. The van der Waals surface area contributed by atoms with Crippen LogP contribution in [0.2, 0.25) is 0 Å². The fourth-order valence-corrected chi connectivity index (χ4v) is 1.15. The number of thiocarbonyl (C=S) groups is 1. The molecule has 0 aromatic heterocycles. The van der Waals surface area contributed by atoms with Crippen molar-refractivity contribution in [2.45, 2.75) is 6.92 Å². The molecule has 4 nitrogen and oxygen atoms in total. The van der Waals surface area contributed by atoms with Gasteiger partial charge >= 0.3 is 0 Å².